The van der Waals surface area contributed by atoms with E-state index >= 15 is 0 Å². The van der Waals surface area contributed by atoms with Crippen LogP contribution in [0.3, 0.4) is 0 Å². The summed E-state index contributed by atoms with van der Waals surface area (Å²) in [5.74, 6) is 1.99. The second-order valence-electron chi connectivity index (χ2n) is 9.52. The lowest BCUT2D eigenvalue weighted by molar-refractivity contribution is -0.149. The highest BCUT2D eigenvalue weighted by molar-refractivity contribution is 5.91. The van der Waals surface area contributed by atoms with Gasteiger partial charge in [-0.05, 0) is 63.5 Å². The predicted octanol–water partition coefficient (Wildman–Crippen LogP) is 1.63. The second kappa shape index (κ2) is 8.67. The zero-order valence-electron chi connectivity index (χ0n) is 17.6. The van der Waals surface area contributed by atoms with Crippen molar-refractivity contribution in [3.05, 3.63) is 17.5 Å². The first-order valence-corrected chi connectivity index (χ1v) is 11.5. The predicted molar refractivity (Wildman–Crippen MR) is 109 cm³/mol. The molecule has 4 fully saturated rings. The molecule has 8 nitrogen and oxygen atoms in total. The Labute approximate surface area is 177 Å². The number of carbonyl (C=O) groups is 2. The molecule has 3 heterocycles. The molecule has 0 spiro atoms. The summed E-state index contributed by atoms with van der Waals surface area (Å²) < 4.78 is 10.8. The summed E-state index contributed by atoms with van der Waals surface area (Å²) in [7, 11) is 0. The van der Waals surface area contributed by atoms with Gasteiger partial charge >= 0.3 is 0 Å². The van der Waals surface area contributed by atoms with Gasteiger partial charge in [-0.3, -0.25) is 9.59 Å². The lowest BCUT2D eigenvalue weighted by Gasteiger charge is -2.38. The summed E-state index contributed by atoms with van der Waals surface area (Å²) >= 11 is 0. The zero-order chi connectivity index (χ0) is 20.5. The van der Waals surface area contributed by atoms with E-state index in [1.54, 1.807) is 6.07 Å². The zero-order valence-corrected chi connectivity index (χ0v) is 17.6. The molecule has 1 atom stereocenters. The first-order chi connectivity index (χ1) is 14.6. The Morgan fingerprint density at radius 3 is 2.60 bits per heavy atom. The van der Waals surface area contributed by atoms with E-state index in [4.69, 9.17) is 9.26 Å². The average Bonchev–Trinajstić information content (AvgIpc) is 3.70. The van der Waals surface area contributed by atoms with Crippen molar-refractivity contribution in [1.82, 2.24) is 20.3 Å². The van der Waals surface area contributed by atoms with Crippen LogP contribution in [0.4, 0.5) is 0 Å². The SMILES string of the molecule is O=C(NCC1CN(CC2CCN(CC3CC3)CC2)C(=O)CO1)c1cc(C2CC2)no1. The van der Waals surface area contributed by atoms with Crippen molar-refractivity contribution in [3.63, 3.8) is 0 Å². The monoisotopic (exact) mass is 416 g/mol. The highest BCUT2D eigenvalue weighted by Crippen LogP contribution is 2.39. The molecule has 1 unspecified atom stereocenters. The first-order valence-electron chi connectivity index (χ1n) is 11.5. The summed E-state index contributed by atoms with van der Waals surface area (Å²) in [6.45, 7) is 5.36. The summed E-state index contributed by atoms with van der Waals surface area (Å²) in [6.07, 6.45) is 7.17. The van der Waals surface area contributed by atoms with Crippen LogP contribution in [0.25, 0.3) is 0 Å². The summed E-state index contributed by atoms with van der Waals surface area (Å²) in [5.41, 5.74) is 0.869. The fraction of sp³-hybridized carbons (Fsp3) is 0.773. The largest absolute Gasteiger partial charge is 0.365 e. The van der Waals surface area contributed by atoms with E-state index < -0.39 is 0 Å². The van der Waals surface area contributed by atoms with E-state index in [0.717, 1.165) is 56.9 Å². The summed E-state index contributed by atoms with van der Waals surface area (Å²) in [5, 5.41) is 6.85. The minimum absolute atomic E-state index is 0.0577. The van der Waals surface area contributed by atoms with Crippen molar-refractivity contribution >= 4 is 11.8 Å². The third-order valence-corrected chi connectivity index (χ3v) is 6.86. The topological polar surface area (TPSA) is 87.9 Å². The van der Waals surface area contributed by atoms with Crippen molar-refractivity contribution in [2.45, 2.75) is 50.5 Å². The molecule has 2 saturated carbocycles. The number of morpholine rings is 1. The molecule has 0 bridgehead atoms. The molecular formula is C22H32N4O4. The van der Waals surface area contributed by atoms with E-state index in [2.05, 4.69) is 15.4 Å². The number of aromatic nitrogens is 1. The minimum Gasteiger partial charge on any atom is -0.365 e. The Morgan fingerprint density at radius 2 is 1.87 bits per heavy atom. The number of hydrogen-bond donors (Lipinski definition) is 1. The maximum absolute atomic E-state index is 12.3. The molecule has 1 aromatic heterocycles. The van der Waals surface area contributed by atoms with Gasteiger partial charge in [0.1, 0.15) is 6.61 Å². The molecule has 4 aliphatic rings. The molecule has 30 heavy (non-hydrogen) atoms. The van der Waals surface area contributed by atoms with Gasteiger partial charge in [0, 0.05) is 38.2 Å². The molecule has 2 aliphatic heterocycles. The van der Waals surface area contributed by atoms with E-state index in [0.29, 0.717) is 24.9 Å². The number of nitrogens with one attached hydrogen (secondary N) is 1. The van der Waals surface area contributed by atoms with Crippen LogP contribution in [0, 0.1) is 11.8 Å². The van der Waals surface area contributed by atoms with E-state index in [1.807, 2.05) is 4.90 Å². The molecule has 1 N–H and O–H groups in total. The van der Waals surface area contributed by atoms with Crippen LogP contribution in [0.5, 0.6) is 0 Å². The van der Waals surface area contributed by atoms with Gasteiger partial charge < -0.3 is 24.4 Å². The third-order valence-electron chi connectivity index (χ3n) is 6.86. The Morgan fingerprint density at radius 1 is 1.10 bits per heavy atom. The van der Waals surface area contributed by atoms with Crippen LogP contribution >= 0.6 is 0 Å². The number of hydrogen-bond acceptors (Lipinski definition) is 6. The highest BCUT2D eigenvalue weighted by Gasteiger charge is 2.32. The highest BCUT2D eigenvalue weighted by atomic mass is 16.5. The average molecular weight is 417 g/mol. The molecule has 1 aromatic rings. The number of rotatable bonds is 8. The van der Waals surface area contributed by atoms with Gasteiger partial charge in [0.05, 0.1) is 11.8 Å². The second-order valence-corrected chi connectivity index (χ2v) is 9.52. The fourth-order valence-electron chi connectivity index (χ4n) is 4.57. The molecule has 2 aliphatic carbocycles. The smallest absolute Gasteiger partial charge is 0.289 e. The van der Waals surface area contributed by atoms with Crippen molar-refractivity contribution in [3.8, 4) is 0 Å². The van der Waals surface area contributed by atoms with Gasteiger partial charge in [-0.25, -0.2) is 0 Å². The Balaban J connectivity index is 1.06. The van der Waals surface area contributed by atoms with E-state index in [1.165, 1.54) is 19.4 Å². The van der Waals surface area contributed by atoms with Crippen molar-refractivity contribution in [1.29, 1.82) is 0 Å². The minimum atomic E-state index is -0.274. The maximum Gasteiger partial charge on any atom is 0.289 e. The Bertz CT molecular complexity index is 765. The lowest BCUT2D eigenvalue weighted by atomic mass is 9.95. The number of ether oxygens (including phenoxy) is 1. The molecule has 164 valence electrons. The number of amides is 2. The molecule has 0 aromatic carbocycles. The first kappa shape index (κ1) is 20.0. The van der Waals surface area contributed by atoms with Gasteiger partial charge in [0.15, 0.2) is 0 Å². The van der Waals surface area contributed by atoms with E-state index in [9.17, 15) is 9.59 Å². The molecule has 8 heteroatoms. The van der Waals surface area contributed by atoms with Gasteiger partial charge in [-0.1, -0.05) is 5.16 Å². The maximum atomic E-state index is 12.3. The Hall–Kier alpha value is -1.93. The number of likely N-dealkylation sites (tertiary alicyclic amines) is 1. The van der Waals surface area contributed by atoms with Gasteiger partial charge in [-0.15, -0.1) is 0 Å². The standard InChI is InChI=1S/C22H32N4O4/c27-21-14-29-18(10-23-22(28)20-9-19(24-30-20)17-3-4-17)13-26(21)12-16-5-7-25(8-6-16)11-15-1-2-15/h9,15-18H,1-8,10-14H2,(H,23,28). The Kier molecular flexibility index (Phi) is 5.78. The van der Waals surface area contributed by atoms with E-state index in [-0.39, 0.29) is 30.3 Å². The summed E-state index contributed by atoms with van der Waals surface area (Å²) in [4.78, 5) is 29.2. The lowest BCUT2D eigenvalue weighted by Crippen LogP contribution is -2.52. The molecule has 5 rings (SSSR count). The molecule has 0 radical (unpaired) electrons. The molecule has 2 amide bonds. The van der Waals surface area contributed by atoms with Gasteiger partial charge in [0.2, 0.25) is 11.7 Å². The van der Waals surface area contributed by atoms with Crippen LogP contribution in [-0.2, 0) is 9.53 Å². The fourth-order valence-corrected chi connectivity index (χ4v) is 4.57. The van der Waals surface area contributed by atoms with Crippen LogP contribution in [0.1, 0.15) is 60.7 Å². The number of piperidine rings is 1. The number of carbonyl (C=O) groups excluding carboxylic acids is 2. The van der Waals surface area contributed by atoms with Crippen LogP contribution < -0.4 is 5.32 Å². The summed E-state index contributed by atoms with van der Waals surface area (Å²) in [6, 6.07) is 1.74. The van der Waals surface area contributed by atoms with Gasteiger partial charge in [0.25, 0.3) is 5.91 Å². The molecule has 2 saturated heterocycles. The molecular weight excluding hydrogens is 384 g/mol. The normalized spacial score (nSPS) is 26.2. The third kappa shape index (κ3) is 5.03. The van der Waals surface area contributed by atoms with Crippen molar-refractivity contribution in [2.75, 3.05) is 45.9 Å². The van der Waals surface area contributed by atoms with Crippen molar-refractivity contribution < 1.29 is 18.8 Å². The van der Waals surface area contributed by atoms with Crippen LogP contribution in [-0.4, -0.2) is 78.8 Å². The van der Waals surface area contributed by atoms with Gasteiger partial charge in [-0.2, -0.15) is 0 Å². The number of nitrogens with zero attached hydrogens (tertiary/aromatic N) is 3. The quantitative estimate of drug-likeness (QED) is 0.693. The van der Waals surface area contributed by atoms with Crippen LogP contribution in [0.2, 0.25) is 0 Å². The van der Waals surface area contributed by atoms with Crippen LogP contribution in [0.15, 0.2) is 10.6 Å². The van der Waals surface area contributed by atoms with Crippen molar-refractivity contribution in [2.24, 2.45) is 11.8 Å².